The Hall–Kier alpha value is -1.66. The van der Waals surface area contributed by atoms with Crippen LogP contribution in [0.2, 0.25) is 0 Å². The number of nitrogens with zero attached hydrogens (tertiary/aromatic N) is 2. The minimum Gasteiger partial charge on any atom is -0.361 e. The first-order chi connectivity index (χ1) is 9.54. The van der Waals surface area contributed by atoms with Gasteiger partial charge in [0.1, 0.15) is 5.76 Å². The number of rotatable bonds is 3. The highest BCUT2D eigenvalue weighted by Gasteiger charge is 2.28. The summed E-state index contributed by atoms with van der Waals surface area (Å²) < 4.78 is 31.5. The summed E-state index contributed by atoms with van der Waals surface area (Å²) in [6.45, 7) is 2.77. The average Bonchev–Trinajstić information content (AvgIpc) is 2.85. The van der Waals surface area contributed by atoms with Crippen LogP contribution in [0, 0.1) is 6.92 Å². The molecule has 1 aliphatic rings. The van der Waals surface area contributed by atoms with E-state index in [4.69, 9.17) is 4.52 Å². The minimum absolute atomic E-state index is 0.0370. The molecule has 0 bridgehead atoms. The Morgan fingerprint density at radius 2 is 2.25 bits per heavy atom. The Bertz CT molecular complexity index is 722. The minimum atomic E-state index is -3.31. The quantitative estimate of drug-likeness (QED) is 0.866. The average molecular weight is 292 g/mol. The van der Waals surface area contributed by atoms with Crippen LogP contribution in [0.5, 0.6) is 0 Å². The van der Waals surface area contributed by atoms with Gasteiger partial charge in [-0.25, -0.2) is 8.42 Å². The predicted octanol–water partition coefficient (Wildman–Crippen LogP) is 1.87. The van der Waals surface area contributed by atoms with Gasteiger partial charge >= 0.3 is 0 Å². The van der Waals surface area contributed by atoms with Crippen LogP contribution in [-0.2, 0) is 28.7 Å². The second-order valence-electron chi connectivity index (χ2n) is 5.10. The third-order valence-electron chi connectivity index (χ3n) is 3.49. The van der Waals surface area contributed by atoms with Gasteiger partial charge in [0.05, 0.1) is 11.9 Å². The number of hydrogen-bond acceptors (Lipinski definition) is 4. The molecule has 0 saturated heterocycles. The van der Waals surface area contributed by atoms with E-state index >= 15 is 0 Å². The molecule has 3 rings (SSSR count). The number of benzene rings is 1. The van der Waals surface area contributed by atoms with Crippen LogP contribution in [-0.4, -0.2) is 24.4 Å². The van der Waals surface area contributed by atoms with Gasteiger partial charge in [-0.15, -0.1) is 0 Å². The molecule has 0 N–H and O–H groups in total. The van der Waals surface area contributed by atoms with Gasteiger partial charge in [-0.1, -0.05) is 35.0 Å². The van der Waals surface area contributed by atoms with Crippen molar-refractivity contribution in [2.75, 3.05) is 6.54 Å². The van der Waals surface area contributed by atoms with Gasteiger partial charge in [-0.3, -0.25) is 0 Å². The van der Waals surface area contributed by atoms with E-state index in [0.717, 1.165) is 22.5 Å². The van der Waals surface area contributed by atoms with Crippen LogP contribution >= 0.6 is 0 Å². The van der Waals surface area contributed by atoms with E-state index in [0.29, 0.717) is 19.5 Å². The zero-order chi connectivity index (χ0) is 14.2. The highest BCUT2D eigenvalue weighted by Crippen LogP contribution is 2.22. The maximum Gasteiger partial charge on any atom is 0.218 e. The smallest absolute Gasteiger partial charge is 0.218 e. The van der Waals surface area contributed by atoms with Crippen molar-refractivity contribution >= 4 is 10.0 Å². The SMILES string of the molecule is Cc1cccc(CS(=O)(=O)N2CCc3oncc3C2)c1. The van der Waals surface area contributed by atoms with Crippen molar-refractivity contribution in [3.05, 3.63) is 52.9 Å². The van der Waals surface area contributed by atoms with Crippen LogP contribution in [0.4, 0.5) is 0 Å². The summed E-state index contributed by atoms with van der Waals surface area (Å²) in [6.07, 6.45) is 2.19. The molecular weight excluding hydrogens is 276 g/mol. The topological polar surface area (TPSA) is 63.4 Å². The molecule has 0 radical (unpaired) electrons. The molecule has 0 unspecified atom stereocenters. The number of fused-ring (bicyclic) bond motifs is 1. The molecule has 2 aromatic rings. The monoisotopic (exact) mass is 292 g/mol. The largest absolute Gasteiger partial charge is 0.361 e. The van der Waals surface area contributed by atoms with E-state index in [9.17, 15) is 8.42 Å². The molecule has 0 aliphatic carbocycles. The molecule has 0 atom stereocenters. The van der Waals surface area contributed by atoms with Crippen molar-refractivity contribution in [3.63, 3.8) is 0 Å². The zero-order valence-corrected chi connectivity index (χ0v) is 12.1. The van der Waals surface area contributed by atoms with E-state index < -0.39 is 10.0 Å². The molecule has 0 spiro atoms. The lowest BCUT2D eigenvalue weighted by atomic mass is 10.1. The molecule has 0 saturated carbocycles. The van der Waals surface area contributed by atoms with Crippen molar-refractivity contribution < 1.29 is 12.9 Å². The molecule has 0 fully saturated rings. The molecule has 0 amide bonds. The van der Waals surface area contributed by atoms with E-state index in [1.807, 2.05) is 31.2 Å². The highest BCUT2D eigenvalue weighted by molar-refractivity contribution is 7.88. The molecule has 106 valence electrons. The first-order valence-corrected chi connectivity index (χ1v) is 8.11. The number of hydrogen-bond donors (Lipinski definition) is 0. The molecule has 2 heterocycles. The summed E-state index contributed by atoms with van der Waals surface area (Å²) in [5.41, 5.74) is 2.75. The third-order valence-corrected chi connectivity index (χ3v) is 5.29. The molecule has 1 aliphatic heterocycles. The Labute approximate surface area is 118 Å². The van der Waals surface area contributed by atoms with Crippen LogP contribution < -0.4 is 0 Å². The first-order valence-electron chi connectivity index (χ1n) is 6.50. The second kappa shape index (κ2) is 5.03. The number of aryl methyl sites for hydroxylation is 1. The molecule has 1 aromatic carbocycles. The maximum atomic E-state index is 12.5. The summed E-state index contributed by atoms with van der Waals surface area (Å²) in [4.78, 5) is 0. The summed E-state index contributed by atoms with van der Waals surface area (Å²) in [7, 11) is -3.31. The van der Waals surface area contributed by atoms with E-state index in [-0.39, 0.29) is 5.75 Å². The fourth-order valence-electron chi connectivity index (χ4n) is 2.46. The van der Waals surface area contributed by atoms with E-state index in [1.54, 1.807) is 6.20 Å². The Kier molecular flexibility index (Phi) is 3.35. The molecule has 6 heteroatoms. The molecule has 5 nitrogen and oxygen atoms in total. The van der Waals surface area contributed by atoms with Gasteiger partial charge in [-0.05, 0) is 12.5 Å². The van der Waals surface area contributed by atoms with Crippen LogP contribution in [0.1, 0.15) is 22.5 Å². The fraction of sp³-hybridized carbons (Fsp3) is 0.357. The lowest BCUT2D eigenvalue weighted by molar-refractivity contribution is 0.331. The zero-order valence-electron chi connectivity index (χ0n) is 11.2. The Morgan fingerprint density at radius 3 is 3.05 bits per heavy atom. The molecule has 1 aromatic heterocycles. The number of aromatic nitrogens is 1. The van der Waals surface area contributed by atoms with Crippen molar-refractivity contribution in [1.82, 2.24) is 9.46 Å². The van der Waals surface area contributed by atoms with E-state index in [2.05, 4.69) is 5.16 Å². The van der Waals surface area contributed by atoms with Gasteiger partial charge in [0.15, 0.2) is 0 Å². The molecule has 20 heavy (non-hydrogen) atoms. The van der Waals surface area contributed by atoms with Crippen molar-refractivity contribution in [3.8, 4) is 0 Å². The van der Waals surface area contributed by atoms with Crippen molar-refractivity contribution in [2.45, 2.75) is 25.6 Å². The van der Waals surface area contributed by atoms with Crippen molar-refractivity contribution in [2.24, 2.45) is 0 Å². The van der Waals surface area contributed by atoms with Crippen molar-refractivity contribution in [1.29, 1.82) is 0 Å². The second-order valence-corrected chi connectivity index (χ2v) is 7.07. The van der Waals surface area contributed by atoms with Gasteiger partial charge in [-0.2, -0.15) is 4.31 Å². The molecular formula is C14H16N2O3S. The summed E-state index contributed by atoms with van der Waals surface area (Å²) in [6, 6.07) is 7.60. The van der Waals surface area contributed by atoms with Gasteiger partial charge in [0.25, 0.3) is 0 Å². The maximum absolute atomic E-state index is 12.5. The Morgan fingerprint density at radius 1 is 1.40 bits per heavy atom. The van der Waals surface area contributed by atoms with Crippen LogP contribution in [0.25, 0.3) is 0 Å². The van der Waals surface area contributed by atoms with E-state index in [1.165, 1.54) is 4.31 Å². The summed E-state index contributed by atoms with van der Waals surface area (Å²) >= 11 is 0. The lowest BCUT2D eigenvalue weighted by Gasteiger charge is -2.25. The summed E-state index contributed by atoms with van der Waals surface area (Å²) in [5.74, 6) is 0.835. The highest BCUT2D eigenvalue weighted by atomic mass is 32.2. The standard InChI is InChI=1S/C14H16N2O3S/c1-11-3-2-4-12(7-11)10-20(17,18)16-6-5-14-13(9-16)8-15-19-14/h2-4,7-8H,5-6,9-10H2,1H3. The van der Waals surface area contributed by atoms with Crippen LogP contribution in [0.15, 0.2) is 35.0 Å². The normalized spacial score (nSPS) is 16.1. The predicted molar refractivity (Wildman–Crippen MR) is 74.4 cm³/mol. The lowest BCUT2D eigenvalue weighted by Crippen LogP contribution is -2.36. The third kappa shape index (κ3) is 2.62. The fourth-order valence-corrected chi connectivity index (χ4v) is 3.94. The summed E-state index contributed by atoms with van der Waals surface area (Å²) in [5, 5.41) is 3.72. The number of sulfonamides is 1. The Balaban J connectivity index is 1.79. The van der Waals surface area contributed by atoms with Crippen LogP contribution in [0.3, 0.4) is 0 Å². The van der Waals surface area contributed by atoms with Gasteiger partial charge in [0, 0.05) is 25.1 Å². The van der Waals surface area contributed by atoms with Gasteiger partial charge < -0.3 is 4.52 Å². The first kappa shape index (κ1) is 13.3. The van der Waals surface area contributed by atoms with Gasteiger partial charge in [0.2, 0.25) is 10.0 Å².